The van der Waals surface area contributed by atoms with E-state index in [1.54, 1.807) is 11.1 Å². The molecule has 1 amide bonds. The molecule has 8 nitrogen and oxygen atoms in total. The van der Waals surface area contributed by atoms with Crippen LogP contribution in [0.2, 0.25) is 0 Å². The summed E-state index contributed by atoms with van der Waals surface area (Å²) in [6.07, 6.45) is 3.82. The minimum Gasteiger partial charge on any atom is -0.482 e. The number of rotatable bonds is 5. The number of nitrogens with one attached hydrogen (secondary N) is 1. The summed E-state index contributed by atoms with van der Waals surface area (Å²) in [4.78, 5) is 39.1. The minimum absolute atomic E-state index is 0.0120. The normalized spacial score (nSPS) is 14.4. The zero-order valence-electron chi connectivity index (χ0n) is 15.1. The highest BCUT2D eigenvalue weighted by Crippen LogP contribution is 2.17. The van der Waals surface area contributed by atoms with Crippen LogP contribution in [0.4, 0.5) is 5.82 Å². The van der Waals surface area contributed by atoms with Crippen LogP contribution < -0.4 is 15.2 Å². The van der Waals surface area contributed by atoms with Gasteiger partial charge in [0.25, 0.3) is 11.5 Å². The first-order chi connectivity index (χ1) is 12.6. The Hall–Kier alpha value is -2.90. The largest absolute Gasteiger partial charge is 0.482 e. The lowest BCUT2D eigenvalue weighted by molar-refractivity contribution is -0.133. The molecule has 0 aromatic carbocycles. The van der Waals surface area contributed by atoms with E-state index in [4.69, 9.17) is 4.74 Å². The topological polar surface area (TPSA) is 91.4 Å². The van der Waals surface area contributed by atoms with Gasteiger partial charge in [0.15, 0.2) is 12.4 Å². The fraction of sp³-hybridized carbons (Fsp3) is 0.444. The molecule has 0 spiro atoms. The third kappa shape index (κ3) is 4.01. The molecule has 0 aliphatic carbocycles. The van der Waals surface area contributed by atoms with Crippen molar-refractivity contribution in [3.05, 3.63) is 46.3 Å². The zero-order chi connectivity index (χ0) is 18.5. The maximum atomic E-state index is 12.4. The molecule has 26 heavy (non-hydrogen) atoms. The lowest BCUT2D eigenvalue weighted by atomic mass is 10.2. The van der Waals surface area contributed by atoms with Gasteiger partial charge in [-0.15, -0.1) is 0 Å². The summed E-state index contributed by atoms with van der Waals surface area (Å²) in [6.45, 7) is 6.13. The van der Waals surface area contributed by atoms with Gasteiger partial charge in [0.05, 0.1) is 5.69 Å². The molecule has 138 valence electrons. The molecule has 3 rings (SSSR count). The van der Waals surface area contributed by atoms with Gasteiger partial charge >= 0.3 is 0 Å². The van der Waals surface area contributed by atoms with Gasteiger partial charge in [0, 0.05) is 44.3 Å². The average Bonchev–Trinajstić information content (AvgIpc) is 2.67. The van der Waals surface area contributed by atoms with Crippen molar-refractivity contribution in [1.82, 2.24) is 19.9 Å². The van der Waals surface area contributed by atoms with Crippen LogP contribution in [-0.4, -0.2) is 58.5 Å². The van der Waals surface area contributed by atoms with E-state index in [0.29, 0.717) is 37.7 Å². The predicted octanol–water partition coefficient (Wildman–Crippen LogP) is 0.763. The highest BCUT2D eigenvalue weighted by molar-refractivity contribution is 5.78. The number of aromatic nitrogens is 3. The Balaban J connectivity index is 1.54. The van der Waals surface area contributed by atoms with Gasteiger partial charge in [-0.1, -0.05) is 6.92 Å². The second-order valence-corrected chi connectivity index (χ2v) is 6.15. The second kappa shape index (κ2) is 7.99. The van der Waals surface area contributed by atoms with Gasteiger partial charge < -0.3 is 19.5 Å². The maximum Gasteiger partial charge on any atom is 0.290 e. The van der Waals surface area contributed by atoms with Crippen molar-refractivity contribution in [3.63, 3.8) is 0 Å². The number of anilines is 1. The van der Waals surface area contributed by atoms with E-state index in [-0.39, 0.29) is 18.1 Å². The standard InChI is InChI=1S/C18H23N5O3/c1-3-14-15(5-4-13(2)21-14)26-12-16(24)22-8-10-23(11-9-22)17-18(25)20-7-6-19-17/h4-7H,3,8-12H2,1-2H3,(H,20,25). The number of hydrogen-bond acceptors (Lipinski definition) is 6. The first-order valence-electron chi connectivity index (χ1n) is 8.74. The lowest BCUT2D eigenvalue weighted by Gasteiger charge is -2.34. The fourth-order valence-electron chi connectivity index (χ4n) is 2.95. The van der Waals surface area contributed by atoms with Crippen LogP contribution in [-0.2, 0) is 11.2 Å². The monoisotopic (exact) mass is 357 g/mol. The number of ether oxygens (including phenoxy) is 1. The number of aromatic amines is 1. The van der Waals surface area contributed by atoms with Crippen LogP contribution in [0.15, 0.2) is 29.3 Å². The van der Waals surface area contributed by atoms with E-state index < -0.39 is 0 Å². The van der Waals surface area contributed by atoms with E-state index >= 15 is 0 Å². The quantitative estimate of drug-likeness (QED) is 0.850. The number of amides is 1. The summed E-state index contributed by atoms with van der Waals surface area (Å²) in [6, 6.07) is 3.74. The summed E-state index contributed by atoms with van der Waals surface area (Å²) >= 11 is 0. The van der Waals surface area contributed by atoms with Crippen molar-refractivity contribution in [2.75, 3.05) is 37.7 Å². The van der Waals surface area contributed by atoms with Crippen LogP contribution in [0, 0.1) is 6.92 Å². The van der Waals surface area contributed by atoms with Gasteiger partial charge in [0.2, 0.25) is 0 Å². The fourth-order valence-corrected chi connectivity index (χ4v) is 2.95. The molecule has 3 heterocycles. The highest BCUT2D eigenvalue weighted by Gasteiger charge is 2.23. The van der Waals surface area contributed by atoms with Crippen molar-refractivity contribution < 1.29 is 9.53 Å². The van der Waals surface area contributed by atoms with Gasteiger partial charge in [-0.05, 0) is 25.5 Å². The van der Waals surface area contributed by atoms with Gasteiger partial charge in [-0.2, -0.15) is 0 Å². The second-order valence-electron chi connectivity index (χ2n) is 6.15. The van der Waals surface area contributed by atoms with E-state index in [1.807, 2.05) is 30.9 Å². The number of H-pyrrole nitrogens is 1. The molecule has 1 N–H and O–H groups in total. The SMILES string of the molecule is CCc1nc(C)ccc1OCC(=O)N1CCN(c2ncc[nH]c2=O)CC1. The molecule has 1 aliphatic rings. The van der Waals surface area contributed by atoms with E-state index in [9.17, 15) is 9.59 Å². The molecule has 0 atom stereocenters. The molecule has 0 radical (unpaired) electrons. The van der Waals surface area contributed by atoms with Crippen LogP contribution in [0.3, 0.4) is 0 Å². The van der Waals surface area contributed by atoms with Gasteiger partial charge in [-0.25, -0.2) is 4.98 Å². The van der Waals surface area contributed by atoms with Crippen LogP contribution >= 0.6 is 0 Å². The molecule has 1 aliphatic heterocycles. The van der Waals surface area contributed by atoms with Crippen molar-refractivity contribution >= 4 is 11.7 Å². The Kier molecular flexibility index (Phi) is 5.50. The number of pyridine rings is 1. The maximum absolute atomic E-state index is 12.4. The van der Waals surface area contributed by atoms with Gasteiger partial charge in [-0.3, -0.25) is 14.6 Å². The van der Waals surface area contributed by atoms with E-state index in [2.05, 4.69) is 15.0 Å². The van der Waals surface area contributed by atoms with Crippen molar-refractivity contribution in [2.24, 2.45) is 0 Å². The minimum atomic E-state index is -0.213. The van der Waals surface area contributed by atoms with E-state index in [1.165, 1.54) is 6.20 Å². The number of piperazine rings is 1. The molecular weight excluding hydrogens is 334 g/mol. The molecule has 1 saturated heterocycles. The van der Waals surface area contributed by atoms with Crippen molar-refractivity contribution in [1.29, 1.82) is 0 Å². The number of carbonyl (C=O) groups is 1. The van der Waals surface area contributed by atoms with Crippen molar-refractivity contribution in [2.45, 2.75) is 20.3 Å². The molecule has 0 unspecified atom stereocenters. The molecule has 8 heteroatoms. The van der Waals surface area contributed by atoms with Gasteiger partial charge in [0.1, 0.15) is 5.75 Å². The first kappa shape index (κ1) is 17.9. The number of hydrogen-bond donors (Lipinski definition) is 1. The predicted molar refractivity (Wildman–Crippen MR) is 97.5 cm³/mol. The Morgan fingerprint density at radius 3 is 2.73 bits per heavy atom. The molecular formula is C18H23N5O3. The summed E-state index contributed by atoms with van der Waals surface area (Å²) < 4.78 is 5.69. The van der Waals surface area contributed by atoms with Crippen LogP contribution in [0.5, 0.6) is 5.75 Å². The number of nitrogens with zero attached hydrogens (tertiary/aromatic N) is 4. The average molecular weight is 357 g/mol. The Morgan fingerprint density at radius 1 is 1.27 bits per heavy atom. The number of aryl methyl sites for hydroxylation is 2. The third-order valence-electron chi connectivity index (χ3n) is 4.38. The third-order valence-corrected chi connectivity index (χ3v) is 4.38. The van der Waals surface area contributed by atoms with Crippen LogP contribution in [0.1, 0.15) is 18.3 Å². The molecule has 2 aromatic heterocycles. The Morgan fingerprint density at radius 2 is 2.04 bits per heavy atom. The number of carbonyl (C=O) groups excluding carboxylic acids is 1. The molecule has 1 fully saturated rings. The molecule has 0 saturated carbocycles. The molecule has 2 aromatic rings. The lowest BCUT2D eigenvalue weighted by Crippen LogP contribution is -2.51. The Bertz CT molecular complexity index is 828. The first-order valence-corrected chi connectivity index (χ1v) is 8.74. The Labute approximate surface area is 151 Å². The summed E-state index contributed by atoms with van der Waals surface area (Å²) in [5.41, 5.74) is 1.58. The highest BCUT2D eigenvalue weighted by atomic mass is 16.5. The zero-order valence-corrected chi connectivity index (χ0v) is 15.1. The summed E-state index contributed by atoms with van der Waals surface area (Å²) in [7, 11) is 0. The summed E-state index contributed by atoms with van der Waals surface area (Å²) in [5.74, 6) is 0.987. The van der Waals surface area contributed by atoms with Crippen molar-refractivity contribution in [3.8, 4) is 5.75 Å². The van der Waals surface area contributed by atoms with Crippen LogP contribution in [0.25, 0.3) is 0 Å². The van der Waals surface area contributed by atoms with E-state index in [0.717, 1.165) is 17.8 Å². The summed E-state index contributed by atoms with van der Waals surface area (Å²) in [5, 5.41) is 0. The molecule has 0 bridgehead atoms. The smallest absolute Gasteiger partial charge is 0.290 e.